The Morgan fingerprint density at radius 2 is 2.00 bits per heavy atom. The minimum atomic E-state index is -0.552. The molecule has 0 aliphatic heterocycles. The summed E-state index contributed by atoms with van der Waals surface area (Å²) in [6.07, 6.45) is 0.0244. The van der Waals surface area contributed by atoms with Crippen molar-refractivity contribution in [3.63, 3.8) is 0 Å². The molecule has 0 unspecified atom stereocenters. The molecule has 0 saturated heterocycles. The molecule has 5 nitrogen and oxygen atoms in total. The van der Waals surface area contributed by atoms with Gasteiger partial charge in [-0.2, -0.15) is 0 Å². The van der Waals surface area contributed by atoms with Gasteiger partial charge < -0.3 is 4.74 Å². The van der Waals surface area contributed by atoms with Gasteiger partial charge in [-0.05, 0) is 31.4 Å². The predicted molar refractivity (Wildman–Crippen MR) is 100.0 cm³/mol. The van der Waals surface area contributed by atoms with Gasteiger partial charge in [-0.3, -0.25) is 10.1 Å². The number of anilines is 1. The fourth-order valence-corrected chi connectivity index (χ4v) is 3.58. The third-order valence-corrected chi connectivity index (χ3v) is 5.54. The average Bonchev–Trinajstić information content (AvgIpc) is 2.99. The molecule has 0 saturated carbocycles. The van der Waals surface area contributed by atoms with Gasteiger partial charge in [-0.15, -0.1) is 10.2 Å². The third-order valence-electron chi connectivity index (χ3n) is 3.14. The van der Waals surface area contributed by atoms with Crippen molar-refractivity contribution in [3.8, 4) is 5.75 Å². The highest BCUT2D eigenvalue weighted by Crippen LogP contribution is 2.27. The van der Waals surface area contributed by atoms with Crippen LogP contribution in [0.5, 0.6) is 5.75 Å². The Morgan fingerprint density at radius 3 is 2.62 bits per heavy atom. The van der Waals surface area contributed by atoms with Crippen molar-refractivity contribution < 1.29 is 9.53 Å². The highest BCUT2D eigenvalue weighted by Gasteiger charge is 2.20. The van der Waals surface area contributed by atoms with Crippen LogP contribution in [0.25, 0.3) is 0 Å². The number of aryl methyl sites for hydroxylation is 1. The molecule has 1 N–H and O–H groups in total. The Balaban J connectivity index is 1.92. The van der Waals surface area contributed by atoms with Crippen LogP contribution >= 0.6 is 23.1 Å². The van der Waals surface area contributed by atoms with E-state index in [0.29, 0.717) is 23.2 Å². The van der Waals surface area contributed by atoms with Crippen LogP contribution in [0.3, 0.4) is 0 Å². The Labute approximate surface area is 151 Å². The summed E-state index contributed by atoms with van der Waals surface area (Å²) >= 11 is 3.05. The van der Waals surface area contributed by atoms with Gasteiger partial charge in [-0.25, -0.2) is 0 Å². The van der Waals surface area contributed by atoms with Crippen LogP contribution in [0.2, 0.25) is 0 Å². The molecular weight excluding hydrogens is 342 g/mol. The van der Waals surface area contributed by atoms with E-state index in [2.05, 4.69) is 29.4 Å². The number of amides is 1. The number of aromatic nitrogens is 2. The number of hydrogen-bond donors (Lipinski definition) is 1. The van der Waals surface area contributed by atoms with Gasteiger partial charge in [0.2, 0.25) is 5.13 Å². The molecule has 1 aromatic carbocycles. The number of carbonyl (C=O) groups excluding carboxylic acids is 1. The minimum Gasteiger partial charge on any atom is -0.481 e. The van der Waals surface area contributed by atoms with E-state index in [1.165, 1.54) is 11.3 Å². The number of rotatable bonds is 8. The second kappa shape index (κ2) is 9.03. The predicted octanol–water partition coefficient (Wildman–Crippen LogP) is 4.39. The zero-order valence-electron chi connectivity index (χ0n) is 14.4. The topological polar surface area (TPSA) is 64.1 Å². The summed E-state index contributed by atoms with van der Waals surface area (Å²) in [5.74, 6) is 2.06. The fourth-order valence-electron chi connectivity index (χ4n) is 1.85. The number of thioether (sulfide) groups is 1. The largest absolute Gasteiger partial charge is 0.481 e. The number of nitrogens with one attached hydrogen (secondary N) is 1. The first-order chi connectivity index (χ1) is 11.5. The summed E-state index contributed by atoms with van der Waals surface area (Å²) in [4.78, 5) is 12.4. The van der Waals surface area contributed by atoms with E-state index < -0.39 is 6.10 Å². The Morgan fingerprint density at radius 1 is 1.29 bits per heavy atom. The van der Waals surface area contributed by atoms with E-state index in [1.54, 1.807) is 11.8 Å². The van der Waals surface area contributed by atoms with E-state index >= 15 is 0 Å². The quantitative estimate of drug-likeness (QED) is 0.555. The van der Waals surface area contributed by atoms with Crippen molar-refractivity contribution in [3.05, 3.63) is 29.8 Å². The van der Waals surface area contributed by atoms with Crippen molar-refractivity contribution in [2.75, 3.05) is 11.1 Å². The maximum Gasteiger partial charge on any atom is 0.267 e. The molecule has 7 heteroatoms. The molecule has 0 spiro atoms. The zero-order valence-corrected chi connectivity index (χ0v) is 16.0. The number of ether oxygens (including phenoxy) is 1. The van der Waals surface area contributed by atoms with Crippen molar-refractivity contribution in [1.29, 1.82) is 0 Å². The van der Waals surface area contributed by atoms with Crippen LogP contribution in [0, 0.1) is 12.8 Å². The van der Waals surface area contributed by atoms with Gasteiger partial charge in [0.1, 0.15) is 5.75 Å². The summed E-state index contributed by atoms with van der Waals surface area (Å²) in [6.45, 7) is 8.25. The molecule has 0 bridgehead atoms. The first-order valence-electron chi connectivity index (χ1n) is 7.98. The molecule has 0 radical (unpaired) electrons. The number of hydrogen-bond acceptors (Lipinski definition) is 6. The van der Waals surface area contributed by atoms with Crippen LogP contribution < -0.4 is 10.1 Å². The van der Waals surface area contributed by atoms with E-state index in [4.69, 9.17) is 4.74 Å². The van der Waals surface area contributed by atoms with Gasteiger partial charge >= 0.3 is 0 Å². The summed E-state index contributed by atoms with van der Waals surface area (Å²) in [7, 11) is 0. The van der Waals surface area contributed by atoms with E-state index in [-0.39, 0.29) is 5.91 Å². The van der Waals surface area contributed by atoms with Crippen molar-refractivity contribution in [1.82, 2.24) is 10.2 Å². The van der Waals surface area contributed by atoms with Gasteiger partial charge in [0.25, 0.3) is 5.91 Å². The number of benzene rings is 1. The SMILES string of the molecule is CC[C@@H](Oc1ccc(C)cc1)C(=O)Nc1nnc(SCC(C)C)s1. The molecule has 1 aromatic heterocycles. The normalized spacial score (nSPS) is 12.2. The zero-order chi connectivity index (χ0) is 17.5. The van der Waals surface area contributed by atoms with Crippen molar-refractivity contribution >= 4 is 34.1 Å². The second-order valence-electron chi connectivity index (χ2n) is 5.90. The van der Waals surface area contributed by atoms with E-state index in [9.17, 15) is 4.79 Å². The molecule has 0 aliphatic rings. The van der Waals surface area contributed by atoms with Crippen molar-refractivity contribution in [2.45, 2.75) is 44.6 Å². The minimum absolute atomic E-state index is 0.199. The summed E-state index contributed by atoms with van der Waals surface area (Å²) in [5.41, 5.74) is 1.15. The Kier molecular flexibility index (Phi) is 7.05. The molecule has 2 rings (SSSR count). The fraction of sp³-hybridized carbons (Fsp3) is 0.471. The van der Waals surface area contributed by atoms with Gasteiger partial charge in [0.15, 0.2) is 10.4 Å². The summed E-state index contributed by atoms with van der Waals surface area (Å²) in [5, 5.41) is 11.4. The van der Waals surface area contributed by atoms with E-state index in [1.807, 2.05) is 38.1 Å². The molecular formula is C17H23N3O2S2. The van der Waals surface area contributed by atoms with Crippen molar-refractivity contribution in [2.24, 2.45) is 5.92 Å². The molecule has 1 amide bonds. The first-order valence-corrected chi connectivity index (χ1v) is 9.78. The van der Waals surface area contributed by atoms with Gasteiger partial charge in [0, 0.05) is 5.75 Å². The highest BCUT2D eigenvalue weighted by molar-refractivity contribution is 8.01. The molecule has 1 atom stereocenters. The Bertz CT molecular complexity index is 656. The van der Waals surface area contributed by atoms with Crippen LogP contribution in [0.1, 0.15) is 32.8 Å². The van der Waals surface area contributed by atoms with Gasteiger partial charge in [-0.1, -0.05) is 61.6 Å². The van der Waals surface area contributed by atoms with Crippen LogP contribution in [-0.2, 0) is 4.79 Å². The van der Waals surface area contributed by atoms with Crippen LogP contribution in [0.15, 0.2) is 28.6 Å². The highest BCUT2D eigenvalue weighted by atomic mass is 32.2. The lowest BCUT2D eigenvalue weighted by atomic mass is 10.2. The van der Waals surface area contributed by atoms with E-state index in [0.717, 1.165) is 15.7 Å². The number of carbonyl (C=O) groups is 1. The average molecular weight is 366 g/mol. The van der Waals surface area contributed by atoms with Gasteiger partial charge in [0.05, 0.1) is 0 Å². The monoisotopic (exact) mass is 365 g/mol. The standard InChI is InChI=1S/C17H23N3O2S2/c1-5-14(22-13-8-6-12(4)7-9-13)15(21)18-16-19-20-17(24-16)23-10-11(2)3/h6-9,11,14H,5,10H2,1-4H3,(H,18,19,21)/t14-/m1/s1. The lowest BCUT2D eigenvalue weighted by molar-refractivity contribution is -0.122. The van der Waals surface area contributed by atoms with Crippen LogP contribution in [-0.4, -0.2) is 28.0 Å². The summed E-state index contributed by atoms with van der Waals surface area (Å²) < 4.78 is 6.64. The lowest BCUT2D eigenvalue weighted by Gasteiger charge is -2.16. The molecule has 1 heterocycles. The smallest absolute Gasteiger partial charge is 0.267 e. The maximum atomic E-state index is 12.4. The second-order valence-corrected chi connectivity index (χ2v) is 8.14. The molecule has 130 valence electrons. The maximum absolute atomic E-state index is 12.4. The molecule has 0 aliphatic carbocycles. The molecule has 24 heavy (non-hydrogen) atoms. The molecule has 0 fully saturated rings. The first kappa shape index (κ1) is 18.7. The summed E-state index contributed by atoms with van der Waals surface area (Å²) in [6, 6.07) is 7.67. The molecule has 2 aromatic rings. The third kappa shape index (κ3) is 5.79. The Hall–Kier alpha value is -1.60. The van der Waals surface area contributed by atoms with Crippen LogP contribution in [0.4, 0.5) is 5.13 Å². The lowest BCUT2D eigenvalue weighted by Crippen LogP contribution is -2.32. The number of nitrogens with zero attached hydrogens (tertiary/aromatic N) is 2.